The zero-order valence-electron chi connectivity index (χ0n) is 12.8. The first kappa shape index (κ1) is 14.6. The minimum Gasteiger partial charge on any atom is -0.330 e. The Morgan fingerprint density at radius 1 is 1.26 bits per heavy atom. The second kappa shape index (κ2) is 6.09. The molecule has 1 nitrogen and oxygen atoms in total. The minimum atomic E-state index is 0.360. The first-order chi connectivity index (χ1) is 9.04. The third kappa shape index (κ3) is 3.60. The van der Waals surface area contributed by atoms with Crippen LogP contribution in [-0.2, 0) is 6.42 Å². The molecule has 2 rings (SSSR count). The summed E-state index contributed by atoms with van der Waals surface area (Å²) in [6, 6.07) is 8.94. The summed E-state index contributed by atoms with van der Waals surface area (Å²) < 4.78 is 0. The van der Waals surface area contributed by atoms with Crippen molar-refractivity contribution in [2.45, 2.75) is 52.9 Å². The minimum absolute atomic E-state index is 0.360. The van der Waals surface area contributed by atoms with Gasteiger partial charge >= 0.3 is 0 Å². The zero-order chi connectivity index (χ0) is 13.9. The van der Waals surface area contributed by atoms with Gasteiger partial charge in [0.25, 0.3) is 0 Å². The topological polar surface area (TPSA) is 26.0 Å². The van der Waals surface area contributed by atoms with Crippen LogP contribution in [0.4, 0.5) is 0 Å². The predicted molar refractivity (Wildman–Crippen MR) is 83.2 cm³/mol. The monoisotopic (exact) mass is 259 g/mol. The maximum Gasteiger partial charge on any atom is -0.00173 e. The summed E-state index contributed by atoms with van der Waals surface area (Å²) >= 11 is 0. The Balaban J connectivity index is 2.04. The molecular formula is C18H29N. The number of hydrogen-bond acceptors (Lipinski definition) is 1. The molecule has 0 atom stereocenters. The lowest BCUT2D eigenvalue weighted by Crippen LogP contribution is -2.37. The van der Waals surface area contributed by atoms with Crippen molar-refractivity contribution in [1.82, 2.24) is 0 Å². The Morgan fingerprint density at radius 2 is 1.95 bits per heavy atom. The highest BCUT2D eigenvalue weighted by Crippen LogP contribution is 2.42. The fourth-order valence-electron chi connectivity index (χ4n) is 3.63. The van der Waals surface area contributed by atoms with Gasteiger partial charge in [-0.25, -0.2) is 0 Å². The van der Waals surface area contributed by atoms with Crippen LogP contribution in [0.25, 0.3) is 0 Å². The molecule has 1 heteroatoms. The molecule has 0 radical (unpaired) electrons. The van der Waals surface area contributed by atoms with E-state index in [9.17, 15) is 0 Å². The zero-order valence-corrected chi connectivity index (χ0v) is 12.8. The number of hydrogen-bond donors (Lipinski definition) is 1. The van der Waals surface area contributed by atoms with Gasteiger partial charge in [0.1, 0.15) is 0 Å². The van der Waals surface area contributed by atoms with Gasteiger partial charge in [-0.3, -0.25) is 0 Å². The summed E-state index contributed by atoms with van der Waals surface area (Å²) in [7, 11) is 0. The maximum absolute atomic E-state index is 6.15. The van der Waals surface area contributed by atoms with Crippen LogP contribution >= 0.6 is 0 Å². The average Bonchev–Trinajstić information content (AvgIpc) is 2.39. The summed E-state index contributed by atoms with van der Waals surface area (Å²) in [6.07, 6.45) is 6.50. The van der Waals surface area contributed by atoms with Crippen molar-refractivity contribution in [2.75, 3.05) is 6.54 Å². The van der Waals surface area contributed by atoms with Crippen LogP contribution in [0.5, 0.6) is 0 Å². The summed E-state index contributed by atoms with van der Waals surface area (Å²) in [5, 5.41) is 0. The van der Waals surface area contributed by atoms with Crippen LogP contribution in [0.15, 0.2) is 24.3 Å². The predicted octanol–water partition coefficient (Wildman–Crippen LogP) is 4.33. The van der Waals surface area contributed by atoms with E-state index in [1.165, 1.54) is 36.8 Å². The van der Waals surface area contributed by atoms with E-state index < -0.39 is 0 Å². The van der Waals surface area contributed by atoms with Crippen LogP contribution in [-0.4, -0.2) is 6.54 Å². The molecule has 1 fully saturated rings. The lowest BCUT2D eigenvalue weighted by molar-refractivity contribution is 0.132. The number of benzene rings is 1. The van der Waals surface area contributed by atoms with Crippen molar-refractivity contribution in [3.8, 4) is 0 Å². The molecule has 0 aliphatic heterocycles. The van der Waals surface area contributed by atoms with Crippen LogP contribution in [0.2, 0.25) is 0 Å². The van der Waals surface area contributed by atoms with Crippen LogP contribution < -0.4 is 5.73 Å². The number of nitrogens with two attached hydrogens (primary N) is 1. The molecule has 2 N–H and O–H groups in total. The summed E-state index contributed by atoms with van der Waals surface area (Å²) in [5.74, 6) is 1.74. The summed E-state index contributed by atoms with van der Waals surface area (Å²) in [6.45, 7) is 7.74. The van der Waals surface area contributed by atoms with Gasteiger partial charge in [0.15, 0.2) is 0 Å². The van der Waals surface area contributed by atoms with Gasteiger partial charge < -0.3 is 5.73 Å². The first-order valence-electron chi connectivity index (χ1n) is 7.80. The lowest BCUT2D eigenvalue weighted by atomic mass is 9.65. The third-order valence-corrected chi connectivity index (χ3v) is 5.13. The normalized spacial score (nSPS) is 27.7. The van der Waals surface area contributed by atoms with E-state index in [0.29, 0.717) is 5.41 Å². The molecule has 1 aromatic rings. The van der Waals surface area contributed by atoms with Crippen molar-refractivity contribution >= 4 is 0 Å². The number of aryl methyl sites for hydroxylation is 1. The molecule has 106 valence electrons. The highest BCUT2D eigenvalue weighted by molar-refractivity contribution is 5.23. The molecule has 0 aromatic heterocycles. The third-order valence-electron chi connectivity index (χ3n) is 5.13. The molecule has 0 bridgehead atoms. The molecule has 0 heterocycles. The molecule has 0 amide bonds. The molecule has 0 saturated heterocycles. The van der Waals surface area contributed by atoms with E-state index >= 15 is 0 Å². The molecule has 1 saturated carbocycles. The first-order valence-corrected chi connectivity index (χ1v) is 7.80. The Hall–Kier alpha value is -0.820. The van der Waals surface area contributed by atoms with Crippen molar-refractivity contribution in [3.05, 3.63) is 35.4 Å². The number of rotatable bonds is 4. The molecule has 1 aliphatic rings. The Kier molecular flexibility index (Phi) is 4.67. The molecule has 1 aromatic carbocycles. The van der Waals surface area contributed by atoms with E-state index in [4.69, 9.17) is 5.73 Å². The van der Waals surface area contributed by atoms with Crippen molar-refractivity contribution in [3.63, 3.8) is 0 Å². The van der Waals surface area contributed by atoms with Crippen LogP contribution in [0.3, 0.4) is 0 Å². The van der Waals surface area contributed by atoms with E-state index in [2.05, 4.69) is 45.0 Å². The molecule has 0 spiro atoms. The van der Waals surface area contributed by atoms with Crippen molar-refractivity contribution in [1.29, 1.82) is 0 Å². The second-order valence-corrected chi connectivity index (χ2v) is 6.95. The highest BCUT2D eigenvalue weighted by Gasteiger charge is 2.34. The van der Waals surface area contributed by atoms with Gasteiger partial charge in [-0.1, -0.05) is 43.7 Å². The lowest BCUT2D eigenvalue weighted by Gasteiger charge is -2.41. The van der Waals surface area contributed by atoms with E-state index in [-0.39, 0.29) is 0 Å². The van der Waals surface area contributed by atoms with Crippen LogP contribution in [0.1, 0.15) is 50.7 Å². The van der Waals surface area contributed by atoms with E-state index in [0.717, 1.165) is 24.8 Å². The van der Waals surface area contributed by atoms with Crippen molar-refractivity contribution in [2.24, 2.45) is 23.0 Å². The van der Waals surface area contributed by atoms with E-state index in [1.807, 2.05) is 0 Å². The quantitative estimate of drug-likeness (QED) is 0.855. The molecule has 1 aliphatic carbocycles. The molecule has 19 heavy (non-hydrogen) atoms. The van der Waals surface area contributed by atoms with E-state index in [1.54, 1.807) is 0 Å². The SMILES string of the molecule is Cc1cccc(CC2(CN)CCC(C(C)C)CC2)c1. The Bertz CT molecular complexity index is 400. The average molecular weight is 259 g/mol. The van der Waals surface area contributed by atoms with Gasteiger partial charge in [-0.2, -0.15) is 0 Å². The van der Waals surface area contributed by atoms with Gasteiger partial charge in [-0.15, -0.1) is 0 Å². The maximum atomic E-state index is 6.15. The largest absolute Gasteiger partial charge is 0.330 e. The van der Waals surface area contributed by atoms with Crippen molar-refractivity contribution < 1.29 is 0 Å². The Morgan fingerprint density at radius 3 is 2.47 bits per heavy atom. The second-order valence-electron chi connectivity index (χ2n) is 6.95. The fraction of sp³-hybridized carbons (Fsp3) is 0.667. The van der Waals surface area contributed by atoms with Gasteiger partial charge in [0.05, 0.1) is 0 Å². The Labute approximate surface area is 118 Å². The smallest absolute Gasteiger partial charge is 0.00173 e. The van der Waals surface area contributed by atoms with Gasteiger partial charge in [0.2, 0.25) is 0 Å². The van der Waals surface area contributed by atoms with Crippen LogP contribution in [0, 0.1) is 24.2 Å². The summed E-state index contributed by atoms with van der Waals surface area (Å²) in [4.78, 5) is 0. The molecular weight excluding hydrogens is 230 g/mol. The van der Waals surface area contributed by atoms with Gasteiger partial charge in [-0.05, 0) is 68.4 Å². The fourth-order valence-corrected chi connectivity index (χ4v) is 3.63. The van der Waals surface area contributed by atoms with Gasteiger partial charge in [0, 0.05) is 0 Å². The molecule has 0 unspecified atom stereocenters. The summed E-state index contributed by atoms with van der Waals surface area (Å²) in [5.41, 5.74) is 9.33. The highest BCUT2D eigenvalue weighted by atomic mass is 14.6. The standard InChI is InChI=1S/C18H29N/c1-14(2)17-7-9-18(13-19,10-8-17)12-16-6-4-5-15(3)11-16/h4-6,11,14,17H,7-10,12-13,19H2,1-3H3.